The molecule has 1 aliphatic heterocycles. The van der Waals surface area contributed by atoms with Gasteiger partial charge in [0.05, 0.1) is 27.2 Å². The normalized spacial score (nSPS) is 16.3. The summed E-state index contributed by atoms with van der Waals surface area (Å²) in [5, 5.41) is 8.94. The number of halogens is 1. The topological polar surface area (TPSA) is 59.6 Å². The average molecular weight is 512 g/mol. The van der Waals surface area contributed by atoms with Crippen molar-refractivity contribution in [3.8, 4) is 0 Å². The highest BCUT2D eigenvalue weighted by atomic mass is 127. The van der Waals surface area contributed by atoms with E-state index in [0.717, 1.165) is 43.5 Å². The third-order valence-electron chi connectivity index (χ3n) is 5.43. The smallest absolute Gasteiger partial charge is 0.314 e. The van der Waals surface area contributed by atoms with Crippen LogP contribution < -0.4 is 16.0 Å². The number of nitrogens with one attached hydrogen (secondary N) is 3. The molecule has 0 bridgehead atoms. The minimum Gasteiger partial charge on any atom is -0.338 e. The second-order valence-electron chi connectivity index (χ2n) is 8.46. The third-order valence-corrected chi connectivity index (χ3v) is 6.19. The van der Waals surface area contributed by atoms with Crippen LogP contribution in [0.15, 0.2) is 0 Å². The molecular weight excluding hydrogens is 467 g/mol. The van der Waals surface area contributed by atoms with Crippen molar-refractivity contribution in [1.29, 1.82) is 0 Å². The van der Waals surface area contributed by atoms with Gasteiger partial charge in [0.2, 0.25) is 0 Å². The molecule has 2 amide bonds. The molecule has 7 nitrogen and oxygen atoms in total. The molecule has 0 aliphatic carbocycles. The van der Waals surface area contributed by atoms with Crippen molar-refractivity contribution < 1.29 is 9.28 Å². The van der Waals surface area contributed by atoms with Crippen molar-refractivity contribution in [2.45, 2.75) is 25.7 Å². The summed E-state index contributed by atoms with van der Waals surface area (Å²) in [5.41, 5.74) is 0. The Hall–Kier alpha value is -0.160. The monoisotopic (exact) mass is 511 g/mol. The molecule has 8 heteroatoms. The first kappa shape index (κ1) is 25.9. The van der Waals surface area contributed by atoms with E-state index in [0.29, 0.717) is 0 Å². The number of amides is 2. The maximum Gasteiger partial charge on any atom is 0.314 e. The summed E-state index contributed by atoms with van der Waals surface area (Å²) in [6, 6.07) is -0.0426. The molecule has 0 aromatic rings. The summed E-state index contributed by atoms with van der Waals surface area (Å²) in [6.45, 7) is 12.1. The molecule has 0 saturated carbocycles. The number of rotatable bonds is 15. The Labute approximate surface area is 186 Å². The van der Waals surface area contributed by atoms with E-state index in [1.165, 1.54) is 63.1 Å². The molecule has 1 heterocycles. The predicted molar refractivity (Wildman–Crippen MR) is 127 cm³/mol. The summed E-state index contributed by atoms with van der Waals surface area (Å²) in [6.07, 6.45) is 4.55. The summed E-state index contributed by atoms with van der Waals surface area (Å²) in [7, 11) is 6.54. The molecule has 0 unspecified atom stereocenters. The molecule has 0 atom stereocenters. The first-order chi connectivity index (χ1) is 13.5. The number of piperazine rings is 1. The SMILES string of the molecule is CNCCCNC(=O)NCCC[N+](C)(C)CCCN1CCN(CCCI)CC1. The van der Waals surface area contributed by atoms with Gasteiger partial charge < -0.3 is 30.2 Å². The second kappa shape index (κ2) is 15.6. The van der Waals surface area contributed by atoms with Gasteiger partial charge in [-0.2, -0.15) is 0 Å². The van der Waals surface area contributed by atoms with E-state index in [1.54, 1.807) is 0 Å². The van der Waals surface area contributed by atoms with Crippen molar-refractivity contribution in [3.63, 3.8) is 0 Å². The third kappa shape index (κ3) is 13.1. The van der Waals surface area contributed by atoms with Crippen molar-refractivity contribution in [1.82, 2.24) is 25.8 Å². The lowest BCUT2D eigenvalue weighted by Crippen LogP contribution is -2.48. The van der Waals surface area contributed by atoms with Crippen molar-refractivity contribution in [2.75, 3.05) is 97.6 Å². The Morgan fingerprint density at radius 1 is 0.857 bits per heavy atom. The van der Waals surface area contributed by atoms with Crippen LogP contribution in [-0.4, -0.2) is 118 Å². The fraction of sp³-hybridized carbons (Fsp3) is 0.950. The minimum absolute atomic E-state index is 0.0426. The zero-order valence-electron chi connectivity index (χ0n) is 18.4. The van der Waals surface area contributed by atoms with Gasteiger partial charge in [0.15, 0.2) is 0 Å². The molecule has 1 aliphatic rings. The Balaban J connectivity index is 2.03. The summed E-state index contributed by atoms with van der Waals surface area (Å²) < 4.78 is 2.29. The van der Waals surface area contributed by atoms with Gasteiger partial charge in [-0.15, -0.1) is 0 Å². The van der Waals surface area contributed by atoms with Crippen LogP contribution in [0.5, 0.6) is 0 Å². The van der Waals surface area contributed by atoms with Gasteiger partial charge >= 0.3 is 6.03 Å². The van der Waals surface area contributed by atoms with Crippen LogP contribution >= 0.6 is 22.6 Å². The van der Waals surface area contributed by atoms with Crippen molar-refractivity contribution >= 4 is 28.6 Å². The van der Waals surface area contributed by atoms with E-state index in [1.807, 2.05) is 7.05 Å². The standard InChI is InChI=1S/C20H43IN6O/c1-22-9-5-10-23-20(28)24-11-6-18-27(2,3)19-7-13-26-16-14-25(15-17-26)12-4-8-21/h22H,4-19H2,1-3H3,(H-,23,24,28)/p+1. The average Bonchev–Trinajstić information content (AvgIpc) is 2.68. The number of hydrogen-bond acceptors (Lipinski definition) is 4. The van der Waals surface area contributed by atoms with Crippen LogP contribution in [0, 0.1) is 0 Å². The summed E-state index contributed by atoms with van der Waals surface area (Å²) in [5.74, 6) is 0. The molecule has 1 rings (SSSR count). The van der Waals surface area contributed by atoms with Crippen LogP contribution in [0.2, 0.25) is 0 Å². The molecule has 3 N–H and O–H groups in total. The minimum atomic E-state index is -0.0426. The number of hydrogen-bond donors (Lipinski definition) is 3. The lowest BCUT2D eigenvalue weighted by atomic mass is 10.2. The van der Waals surface area contributed by atoms with E-state index in [9.17, 15) is 4.79 Å². The van der Waals surface area contributed by atoms with Gasteiger partial charge in [-0.05, 0) is 33.0 Å². The summed E-state index contributed by atoms with van der Waals surface area (Å²) >= 11 is 2.47. The van der Waals surface area contributed by atoms with Crippen LogP contribution in [-0.2, 0) is 0 Å². The number of carbonyl (C=O) groups excluding carboxylic acids is 1. The lowest BCUT2D eigenvalue weighted by Gasteiger charge is -2.36. The Bertz CT molecular complexity index is 402. The van der Waals surface area contributed by atoms with E-state index < -0.39 is 0 Å². The molecule has 0 aromatic carbocycles. The molecule has 0 radical (unpaired) electrons. The molecule has 28 heavy (non-hydrogen) atoms. The van der Waals surface area contributed by atoms with Crippen LogP contribution in [0.3, 0.4) is 0 Å². The Kier molecular flexibility index (Phi) is 14.5. The molecular formula is C20H44IN6O+. The second-order valence-corrected chi connectivity index (χ2v) is 9.53. The van der Waals surface area contributed by atoms with Crippen LogP contribution in [0.4, 0.5) is 4.79 Å². The van der Waals surface area contributed by atoms with Crippen LogP contribution in [0.25, 0.3) is 0 Å². The Morgan fingerprint density at radius 2 is 1.39 bits per heavy atom. The van der Waals surface area contributed by atoms with Crippen molar-refractivity contribution in [3.05, 3.63) is 0 Å². The van der Waals surface area contributed by atoms with Crippen LogP contribution in [0.1, 0.15) is 25.7 Å². The van der Waals surface area contributed by atoms with Gasteiger partial charge in [0.25, 0.3) is 0 Å². The number of nitrogens with zero attached hydrogens (tertiary/aromatic N) is 3. The van der Waals surface area contributed by atoms with E-state index in [2.05, 4.69) is 62.4 Å². The lowest BCUT2D eigenvalue weighted by molar-refractivity contribution is -0.890. The largest absolute Gasteiger partial charge is 0.338 e. The fourth-order valence-electron chi connectivity index (χ4n) is 3.59. The fourth-order valence-corrected chi connectivity index (χ4v) is 3.93. The highest BCUT2D eigenvalue weighted by molar-refractivity contribution is 14.1. The Morgan fingerprint density at radius 3 is 1.96 bits per heavy atom. The highest BCUT2D eigenvalue weighted by Gasteiger charge is 2.18. The van der Waals surface area contributed by atoms with Gasteiger partial charge in [-0.25, -0.2) is 4.79 Å². The van der Waals surface area contributed by atoms with Gasteiger partial charge in [-0.1, -0.05) is 22.6 Å². The van der Waals surface area contributed by atoms with E-state index in [-0.39, 0.29) is 6.03 Å². The zero-order valence-corrected chi connectivity index (χ0v) is 20.6. The molecule has 166 valence electrons. The van der Waals surface area contributed by atoms with Gasteiger partial charge in [0, 0.05) is 63.1 Å². The van der Waals surface area contributed by atoms with Gasteiger partial charge in [-0.3, -0.25) is 0 Å². The van der Waals surface area contributed by atoms with Crippen molar-refractivity contribution in [2.24, 2.45) is 0 Å². The highest BCUT2D eigenvalue weighted by Crippen LogP contribution is 2.06. The number of carbonyl (C=O) groups is 1. The molecule has 0 aromatic heterocycles. The number of quaternary nitrogens is 1. The quantitative estimate of drug-likeness (QED) is 0.134. The first-order valence-corrected chi connectivity index (χ1v) is 12.5. The number of alkyl halides is 1. The van der Waals surface area contributed by atoms with E-state index >= 15 is 0 Å². The first-order valence-electron chi connectivity index (χ1n) is 11.0. The zero-order chi connectivity index (χ0) is 20.7. The maximum atomic E-state index is 11.7. The van der Waals surface area contributed by atoms with Gasteiger partial charge in [0.1, 0.15) is 0 Å². The summed E-state index contributed by atoms with van der Waals surface area (Å²) in [4.78, 5) is 16.9. The maximum absolute atomic E-state index is 11.7. The molecule has 1 saturated heterocycles. The molecule has 1 fully saturated rings. The molecule has 0 spiro atoms. The predicted octanol–water partition coefficient (Wildman–Crippen LogP) is 1.19. The number of urea groups is 1. The van der Waals surface area contributed by atoms with E-state index in [4.69, 9.17) is 0 Å².